The maximum Gasteiger partial charge on any atom is 0.239 e. The molecule has 1 atom stereocenters. The molecule has 92 valence electrons. The first kappa shape index (κ1) is 12.0. The second kappa shape index (κ2) is 5.75. The third kappa shape index (κ3) is 3.51. The van der Waals surface area contributed by atoms with Crippen LogP contribution in [0.3, 0.4) is 0 Å². The van der Waals surface area contributed by atoms with Crippen molar-refractivity contribution in [3.8, 4) is 0 Å². The van der Waals surface area contributed by atoms with E-state index in [4.69, 9.17) is 4.74 Å². The van der Waals surface area contributed by atoms with E-state index in [1.807, 2.05) is 19.1 Å². The van der Waals surface area contributed by atoms with Crippen molar-refractivity contribution < 1.29 is 9.53 Å². The van der Waals surface area contributed by atoms with E-state index in [0.717, 1.165) is 17.8 Å². The number of nitrogens with zero attached hydrogens (tertiary/aromatic N) is 1. The van der Waals surface area contributed by atoms with Gasteiger partial charge in [0.2, 0.25) is 5.91 Å². The minimum absolute atomic E-state index is 0.0229. The van der Waals surface area contributed by atoms with Gasteiger partial charge in [-0.1, -0.05) is 6.07 Å². The zero-order chi connectivity index (χ0) is 12.1. The number of hydrogen-bond acceptors (Lipinski definition) is 4. The van der Waals surface area contributed by atoms with Gasteiger partial charge in [0.05, 0.1) is 13.2 Å². The number of aryl methyl sites for hydroxylation is 1. The predicted octanol–water partition coefficient (Wildman–Crippen LogP) is -0.00538. The largest absolute Gasteiger partial charge is 0.378 e. The molecule has 1 aromatic heterocycles. The van der Waals surface area contributed by atoms with Crippen LogP contribution in [0, 0.1) is 6.92 Å². The van der Waals surface area contributed by atoms with Crippen molar-refractivity contribution in [2.24, 2.45) is 0 Å². The average molecular weight is 235 g/mol. The first-order chi connectivity index (χ1) is 8.25. The Balaban J connectivity index is 1.81. The highest BCUT2D eigenvalue weighted by Crippen LogP contribution is 1.99. The number of hydrogen-bond donors (Lipinski definition) is 2. The van der Waals surface area contributed by atoms with Crippen LogP contribution in [0.25, 0.3) is 0 Å². The van der Waals surface area contributed by atoms with Crippen LogP contribution in [0.1, 0.15) is 11.3 Å². The Bertz CT molecular complexity index is 372. The Morgan fingerprint density at radius 2 is 2.53 bits per heavy atom. The van der Waals surface area contributed by atoms with Crippen molar-refractivity contribution in [3.05, 3.63) is 29.6 Å². The summed E-state index contributed by atoms with van der Waals surface area (Å²) in [6, 6.07) is 3.67. The molecule has 1 aliphatic rings. The number of carbonyl (C=O) groups is 1. The van der Waals surface area contributed by atoms with Crippen molar-refractivity contribution in [1.29, 1.82) is 0 Å². The van der Waals surface area contributed by atoms with Crippen LogP contribution in [0.4, 0.5) is 0 Å². The van der Waals surface area contributed by atoms with Gasteiger partial charge in [-0.15, -0.1) is 0 Å². The lowest BCUT2D eigenvalue weighted by Gasteiger charge is -2.22. The zero-order valence-electron chi connectivity index (χ0n) is 9.90. The van der Waals surface area contributed by atoms with E-state index < -0.39 is 0 Å². The van der Waals surface area contributed by atoms with Crippen LogP contribution < -0.4 is 10.6 Å². The molecule has 1 aliphatic heterocycles. The Morgan fingerprint density at radius 1 is 1.65 bits per heavy atom. The number of carbonyl (C=O) groups excluding carboxylic acids is 1. The summed E-state index contributed by atoms with van der Waals surface area (Å²) in [6.45, 7) is 4.28. The highest BCUT2D eigenvalue weighted by atomic mass is 16.5. The topological polar surface area (TPSA) is 63.2 Å². The highest BCUT2D eigenvalue weighted by molar-refractivity contribution is 5.81. The first-order valence-electron chi connectivity index (χ1n) is 5.76. The van der Waals surface area contributed by atoms with Crippen molar-refractivity contribution in [3.63, 3.8) is 0 Å². The van der Waals surface area contributed by atoms with Gasteiger partial charge in [0.1, 0.15) is 6.04 Å². The second-order valence-electron chi connectivity index (χ2n) is 4.11. The van der Waals surface area contributed by atoms with Crippen LogP contribution in [-0.4, -0.2) is 36.7 Å². The van der Waals surface area contributed by atoms with Crippen molar-refractivity contribution in [2.75, 3.05) is 19.8 Å². The molecular weight excluding hydrogens is 218 g/mol. The van der Waals surface area contributed by atoms with E-state index in [1.54, 1.807) is 6.20 Å². The lowest BCUT2D eigenvalue weighted by Crippen LogP contribution is -2.51. The number of amides is 1. The Hall–Kier alpha value is -1.46. The number of ether oxygens (including phenoxy) is 1. The van der Waals surface area contributed by atoms with Gasteiger partial charge < -0.3 is 15.4 Å². The third-order valence-electron chi connectivity index (χ3n) is 2.68. The van der Waals surface area contributed by atoms with E-state index in [1.165, 1.54) is 0 Å². The summed E-state index contributed by atoms with van der Waals surface area (Å²) in [6.07, 6.45) is 1.78. The minimum atomic E-state index is -0.234. The zero-order valence-corrected chi connectivity index (χ0v) is 9.90. The van der Waals surface area contributed by atoms with E-state index in [-0.39, 0.29) is 11.9 Å². The summed E-state index contributed by atoms with van der Waals surface area (Å²) >= 11 is 0. The predicted molar refractivity (Wildman–Crippen MR) is 63.4 cm³/mol. The van der Waals surface area contributed by atoms with Gasteiger partial charge in [-0.25, -0.2) is 0 Å². The summed E-state index contributed by atoms with van der Waals surface area (Å²) < 4.78 is 5.24. The Labute approximate surface area is 101 Å². The maximum absolute atomic E-state index is 11.8. The van der Waals surface area contributed by atoms with Crippen LogP contribution in [0.5, 0.6) is 0 Å². The summed E-state index contributed by atoms with van der Waals surface area (Å²) in [7, 11) is 0. The van der Waals surface area contributed by atoms with Crippen LogP contribution in [0.15, 0.2) is 18.3 Å². The van der Waals surface area contributed by atoms with Gasteiger partial charge in [0.15, 0.2) is 0 Å². The molecule has 1 unspecified atom stereocenters. The third-order valence-corrected chi connectivity index (χ3v) is 2.68. The number of morpholine rings is 1. The molecule has 5 heteroatoms. The monoisotopic (exact) mass is 235 g/mol. The van der Waals surface area contributed by atoms with Crippen molar-refractivity contribution >= 4 is 5.91 Å². The number of nitrogens with one attached hydrogen (secondary N) is 2. The lowest BCUT2D eigenvalue weighted by atomic mass is 10.2. The number of aromatic nitrogens is 1. The van der Waals surface area contributed by atoms with Gasteiger partial charge in [-0.2, -0.15) is 0 Å². The van der Waals surface area contributed by atoms with Gasteiger partial charge in [0.25, 0.3) is 0 Å². The van der Waals surface area contributed by atoms with Gasteiger partial charge in [0, 0.05) is 25.0 Å². The molecule has 1 saturated heterocycles. The molecule has 1 aromatic rings. The minimum Gasteiger partial charge on any atom is -0.378 e. The highest BCUT2D eigenvalue weighted by Gasteiger charge is 2.20. The smallest absolute Gasteiger partial charge is 0.239 e. The molecule has 0 spiro atoms. The molecule has 2 rings (SSSR count). The molecule has 0 aliphatic carbocycles. The average Bonchev–Trinajstić information content (AvgIpc) is 2.39. The fourth-order valence-electron chi connectivity index (χ4n) is 1.65. The summed E-state index contributed by atoms with van der Waals surface area (Å²) in [5.74, 6) is -0.0229. The molecule has 17 heavy (non-hydrogen) atoms. The first-order valence-corrected chi connectivity index (χ1v) is 5.76. The summed E-state index contributed by atoms with van der Waals surface area (Å²) in [5, 5.41) is 5.98. The van der Waals surface area contributed by atoms with E-state index in [0.29, 0.717) is 19.8 Å². The molecular formula is C12H17N3O2. The Morgan fingerprint density at radius 3 is 3.18 bits per heavy atom. The molecule has 5 nitrogen and oxygen atoms in total. The normalized spacial score (nSPS) is 19.9. The van der Waals surface area contributed by atoms with E-state index in [2.05, 4.69) is 15.6 Å². The molecule has 1 fully saturated rings. The summed E-state index contributed by atoms with van der Waals surface area (Å²) in [5.41, 5.74) is 1.98. The molecule has 2 N–H and O–H groups in total. The molecule has 1 amide bonds. The van der Waals surface area contributed by atoms with Crippen LogP contribution in [0.2, 0.25) is 0 Å². The second-order valence-corrected chi connectivity index (χ2v) is 4.11. The molecule has 0 bridgehead atoms. The SMILES string of the molecule is Cc1ccc(CNC(=O)C2COCCN2)cn1. The number of pyridine rings is 1. The Kier molecular flexibility index (Phi) is 4.06. The van der Waals surface area contributed by atoms with Gasteiger partial charge in [-0.3, -0.25) is 9.78 Å². The summed E-state index contributed by atoms with van der Waals surface area (Å²) in [4.78, 5) is 15.9. The fraction of sp³-hybridized carbons (Fsp3) is 0.500. The van der Waals surface area contributed by atoms with Gasteiger partial charge in [-0.05, 0) is 18.6 Å². The molecule has 0 aromatic carbocycles. The molecule has 0 radical (unpaired) electrons. The maximum atomic E-state index is 11.8. The number of rotatable bonds is 3. The standard InChI is InChI=1S/C12H17N3O2/c1-9-2-3-10(6-14-9)7-15-12(16)11-8-17-5-4-13-11/h2-3,6,11,13H,4-5,7-8H2,1H3,(H,15,16). The van der Waals surface area contributed by atoms with Crippen LogP contribution >= 0.6 is 0 Å². The van der Waals surface area contributed by atoms with Crippen molar-refractivity contribution in [1.82, 2.24) is 15.6 Å². The van der Waals surface area contributed by atoms with Crippen LogP contribution in [-0.2, 0) is 16.1 Å². The quantitative estimate of drug-likeness (QED) is 0.774. The van der Waals surface area contributed by atoms with E-state index >= 15 is 0 Å². The van der Waals surface area contributed by atoms with Crippen molar-refractivity contribution in [2.45, 2.75) is 19.5 Å². The molecule has 0 saturated carbocycles. The molecule has 2 heterocycles. The lowest BCUT2D eigenvalue weighted by molar-refractivity contribution is -0.126. The van der Waals surface area contributed by atoms with E-state index in [9.17, 15) is 4.79 Å². The fourth-order valence-corrected chi connectivity index (χ4v) is 1.65. The van der Waals surface area contributed by atoms with Gasteiger partial charge >= 0.3 is 0 Å².